The highest BCUT2D eigenvalue weighted by molar-refractivity contribution is 7.85. The van der Waals surface area contributed by atoms with Crippen LogP contribution < -0.4 is 15.5 Å². The number of aliphatic hydroxyl groups excluding tert-OH is 1. The first-order valence-electron chi connectivity index (χ1n) is 8.66. The minimum Gasteiger partial charge on any atom is -0.774 e. The molecule has 0 bridgehead atoms. The molecule has 21 heteroatoms. The number of aliphatic hydroxyl groups is 2. The van der Waals surface area contributed by atoms with Crippen molar-refractivity contribution in [1.82, 2.24) is 14.5 Å². The molecule has 2 aromatic rings. The van der Waals surface area contributed by atoms with E-state index in [2.05, 4.69) is 14.3 Å². The van der Waals surface area contributed by atoms with Crippen molar-refractivity contribution in [1.29, 1.82) is 0 Å². The van der Waals surface area contributed by atoms with Crippen molar-refractivity contribution in [3.8, 4) is 0 Å². The summed E-state index contributed by atoms with van der Waals surface area (Å²) in [5.41, 5.74) is 3.99. The van der Waals surface area contributed by atoms with Crippen molar-refractivity contribution in [2.24, 2.45) is 0 Å². The van der Waals surface area contributed by atoms with Crippen LogP contribution in [0.15, 0.2) is 18.6 Å². The Morgan fingerprint density at radius 2 is 2.00 bits per heavy atom. The number of hydrogen-bond donors (Lipinski definition) is 4. The first-order chi connectivity index (χ1) is 15.3. The predicted octanol–water partition coefficient (Wildman–Crippen LogP) is -1.82. The number of nitrogens with two attached hydrogens (primary N) is 1. The minimum atomic E-state index is -6.76. The van der Waals surface area contributed by atoms with Crippen molar-refractivity contribution in [3.63, 3.8) is 0 Å². The molecule has 0 aromatic carbocycles. The molecule has 0 spiro atoms. The summed E-state index contributed by atoms with van der Waals surface area (Å²) in [5.74, 6) is 0.129. The van der Waals surface area contributed by atoms with E-state index in [1.807, 2.05) is 0 Å². The lowest BCUT2D eigenvalue weighted by Gasteiger charge is -2.38. The first-order valence-corrected chi connectivity index (χ1v) is 12.9. The smallest absolute Gasteiger partial charge is 0.368 e. The van der Waals surface area contributed by atoms with Gasteiger partial charge in [0.2, 0.25) is 15.2 Å². The van der Waals surface area contributed by atoms with E-state index in [1.54, 1.807) is 0 Å². The molecule has 3 heterocycles. The molecule has 1 aliphatic heterocycles. The maximum absolute atomic E-state index is 13.5. The summed E-state index contributed by atoms with van der Waals surface area (Å²) in [6.07, 6.45) is -1.89. The average molecular weight is 549 g/mol. The Kier molecular flexibility index (Phi) is 6.97. The Hall–Kier alpha value is -1.29. The lowest BCUT2D eigenvalue weighted by molar-refractivity contribution is -0.229. The summed E-state index contributed by atoms with van der Waals surface area (Å²) >= 11 is 0. The van der Waals surface area contributed by atoms with Crippen LogP contribution in [-0.4, -0.2) is 67.0 Å². The molecule has 15 nitrogen and oxygen atoms in total. The van der Waals surface area contributed by atoms with Gasteiger partial charge in [-0.3, -0.25) is 4.31 Å². The third-order valence-corrected chi connectivity index (χ3v) is 9.32. The number of nitrogen functional groups attached to an aromatic ring is 1. The van der Waals surface area contributed by atoms with Crippen molar-refractivity contribution >= 4 is 47.1 Å². The van der Waals surface area contributed by atoms with Crippen LogP contribution >= 0.6 is 22.7 Å². The highest BCUT2D eigenvalue weighted by Gasteiger charge is 2.55. The molecular weight excluding hydrogens is 530 g/mol. The van der Waals surface area contributed by atoms with E-state index in [4.69, 9.17) is 19.9 Å². The molecule has 1 fully saturated rings. The molecule has 0 radical (unpaired) electrons. The third kappa shape index (κ3) is 4.73. The number of fused-ring (bicyclic) bond motifs is 1. The van der Waals surface area contributed by atoms with Crippen molar-refractivity contribution in [2.75, 3.05) is 12.3 Å². The summed E-state index contributed by atoms with van der Waals surface area (Å²) in [6, 6.07) is 1.52. The fourth-order valence-corrected chi connectivity index (χ4v) is 6.13. The van der Waals surface area contributed by atoms with Crippen LogP contribution in [0.1, 0.15) is 13.2 Å². The number of halogens is 2. The van der Waals surface area contributed by atoms with E-state index in [9.17, 15) is 42.5 Å². The summed E-state index contributed by atoms with van der Waals surface area (Å²) < 4.78 is 77.3. The molecular formula is C13H19BF2N4O11P3-3. The molecule has 0 aliphatic carbocycles. The zero-order valence-electron chi connectivity index (χ0n) is 16.3. The SMILES string of the molecule is [BH3-]P(=O)(OC[C@H]1O[C@@H](n2ccc3c(N)ncnc32)C(C)(O)[C@H]1O)OP(=O)([O-])C(F)(F)P(=O)([O-])O. The Bertz CT molecular complexity index is 1240. The molecule has 192 valence electrons. The Morgan fingerprint density at radius 3 is 2.59 bits per heavy atom. The summed E-state index contributed by atoms with van der Waals surface area (Å²) in [4.78, 5) is 38.6. The van der Waals surface area contributed by atoms with E-state index in [0.29, 0.717) is 5.39 Å². The van der Waals surface area contributed by atoms with Crippen LogP contribution in [0.25, 0.3) is 11.0 Å². The normalized spacial score (nSPS) is 31.1. The van der Waals surface area contributed by atoms with Gasteiger partial charge in [-0.25, -0.2) is 9.97 Å². The summed E-state index contributed by atoms with van der Waals surface area (Å²) in [7, 11) is -20.1. The number of aromatic nitrogens is 3. The number of ether oxygens (including phenoxy) is 1. The standard InChI is InChI=1S/C13H21BF2N4O11P3/c1-12(22)8(21)7(30-11(12)20-3-2-6-9(17)18-5-19-10(6)20)4-29-34(14,28)31-33(26,27)13(15,16)32(23,24)25/h2-3,5,7-8,11,21-22H,4H2,1,14H3,(H,26,27)(H2,17,18,19)(H2,23,24,25)/q-1/p-2/t7-,8+,11-,12?,34?/m1/s1. The molecule has 7 atom stereocenters. The molecule has 4 unspecified atom stereocenters. The van der Waals surface area contributed by atoms with Gasteiger partial charge in [-0.1, -0.05) is 0 Å². The van der Waals surface area contributed by atoms with Gasteiger partial charge in [-0.05, 0) is 13.0 Å². The maximum atomic E-state index is 13.5. The van der Waals surface area contributed by atoms with Crippen molar-refractivity contribution in [3.05, 3.63) is 18.6 Å². The predicted molar refractivity (Wildman–Crippen MR) is 109 cm³/mol. The minimum absolute atomic E-state index is 0.129. The molecule has 3 rings (SSSR count). The van der Waals surface area contributed by atoms with E-state index in [0.717, 1.165) is 6.33 Å². The summed E-state index contributed by atoms with van der Waals surface area (Å²) in [6.45, 7) is 0.312. The lowest BCUT2D eigenvalue weighted by Crippen LogP contribution is -2.44. The highest BCUT2D eigenvalue weighted by atomic mass is 31.3. The number of rotatable bonds is 8. The van der Waals surface area contributed by atoms with E-state index < -0.39 is 66.3 Å². The van der Waals surface area contributed by atoms with Gasteiger partial charge < -0.3 is 58.1 Å². The van der Waals surface area contributed by atoms with E-state index in [1.165, 1.54) is 23.8 Å². The monoisotopic (exact) mass is 549 g/mol. The van der Waals surface area contributed by atoms with Crippen LogP contribution in [0.2, 0.25) is 0 Å². The molecule has 1 aliphatic rings. The fourth-order valence-electron chi connectivity index (χ4n) is 3.01. The quantitative estimate of drug-likeness (QED) is 0.209. The van der Waals surface area contributed by atoms with Gasteiger partial charge in [-0.15, -0.1) is 0 Å². The van der Waals surface area contributed by atoms with Gasteiger partial charge >= 0.3 is 5.40 Å². The molecule has 34 heavy (non-hydrogen) atoms. The van der Waals surface area contributed by atoms with E-state index >= 15 is 0 Å². The van der Waals surface area contributed by atoms with Crippen LogP contribution in [0.3, 0.4) is 0 Å². The zero-order chi connectivity index (χ0) is 25.9. The molecule has 2 aromatic heterocycles. The van der Waals surface area contributed by atoms with Gasteiger partial charge in [-0.2, -0.15) is 8.78 Å². The second-order valence-corrected chi connectivity index (χ2v) is 11.9. The maximum Gasteiger partial charge on any atom is 0.368 e. The van der Waals surface area contributed by atoms with Gasteiger partial charge in [0.1, 0.15) is 35.6 Å². The number of anilines is 1. The number of nitrogens with zero attached hydrogens (tertiary/aromatic N) is 3. The van der Waals surface area contributed by atoms with Crippen molar-refractivity contribution in [2.45, 2.75) is 36.4 Å². The van der Waals surface area contributed by atoms with Crippen LogP contribution in [0.5, 0.6) is 0 Å². The van der Waals surface area contributed by atoms with E-state index in [-0.39, 0.29) is 11.5 Å². The number of hydrogen-bond acceptors (Lipinski definition) is 13. The van der Waals surface area contributed by atoms with Crippen molar-refractivity contribution < 1.29 is 60.9 Å². The second kappa shape index (κ2) is 8.68. The fraction of sp³-hybridized carbons (Fsp3) is 0.538. The molecule has 1 saturated heterocycles. The number of alkyl halides is 2. The van der Waals surface area contributed by atoms with Gasteiger partial charge in [0.05, 0.1) is 19.6 Å². The van der Waals surface area contributed by atoms with Crippen LogP contribution in [0.4, 0.5) is 14.6 Å². The average Bonchev–Trinajstić information content (AvgIpc) is 3.19. The highest BCUT2D eigenvalue weighted by Crippen LogP contribution is 2.74. The topological polar surface area (TPSA) is 242 Å². The van der Waals surface area contributed by atoms with Gasteiger partial charge in [0.15, 0.2) is 13.7 Å². The molecule has 5 N–H and O–H groups in total. The Balaban J connectivity index is 1.78. The largest absolute Gasteiger partial charge is 0.774 e. The Morgan fingerprint density at radius 1 is 1.38 bits per heavy atom. The van der Waals surface area contributed by atoms with Crippen LogP contribution in [0, 0.1) is 0 Å². The molecule has 0 amide bonds. The Labute approximate surface area is 190 Å². The van der Waals surface area contributed by atoms with Gasteiger partial charge in [0, 0.05) is 6.20 Å². The lowest BCUT2D eigenvalue weighted by atomic mass is 9.96. The van der Waals surface area contributed by atoms with Gasteiger partial charge in [0.25, 0.3) is 0 Å². The van der Waals surface area contributed by atoms with Crippen LogP contribution in [-0.2, 0) is 27.3 Å². The summed E-state index contributed by atoms with van der Waals surface area (Å²) in [5, 5.41) is 16.0. The molecule has 0 saturated carbocycles. The third-order valence-electron chi connectivity index (χ3n) is 4.74. The first kappa shape index (κ1) is 27.3. The second-order valence-electron chi connectivity index (χ2n) is 7.05. The zero-order valence-corrected chi connectivity index (χ0v) is 19.0.